The van der Waals surface area contributed by atoms with Crippen LogP contribution in [0, 0.1) is 13.8 Å². The number of nitrogens with two attached hydrogens (primary N) is 1. The van der Waals surface area contributed by atoms with Crippen LogP contribution >= 0.6 is 27.3 Å². The first-order valence-electron chi connectivity index (χ1n) is 6.00. The first kappa shape index (κ1) is 15.0. The normalized spacial score (nSPS) is 10.4. The van der Waals surface area contributed by atoms with E-state index in [2.05, 4.69) is 21.4 Å². The van der Waals surface area contributed by atoms with Crippen LogP contribution in [0.5, 0.6) is 5.75 Å². The van der Waals surface area contributed by atoms with Gasteiger partial charge in [-0.2, -0.15) is 0 Å². The topological polar surface area (TPSA) is 64.3 Å². The second-order valence-electron chi connectivity index (χ2n) is 4.37. The molecule has 0 radical (unpaired) electrons. The Morgan fingerprint density at radius 3 is 2.80 bits per heavy atom. The number of halogens is 1. The molecule has 1 heterocycles. The number of carbonyl (C=O) groups excluding carboxylic acids is 1. The molecule has 20 heavy (non-hydrogen) atoms. The number of rotatable bonds is 4. The molecule has 0 unspecified atom stereocenters. The summed E-state index contributed by atoms with van der Waals surface area (Å²) in [4.78, 5) is 13.1. The number of thiophene rings is 1. The lowest BCUT2D eigenvalue weighted by Gasteiger charge is -2.07. The third kappa shape index (κ3) is 3.39. The number of aryl methyl sites for hydroxylation is 2. The predicted octanol–water partition coefficient (Wildman–Crippen LogP) is 3.31. The van der Waals surface area contributed by atoms with Crippen molar-refractivity contribution < 1.29 is 9.53 Å². The first-order valence-corrected chi connectivity index (χ1v) is 7.61. The Bertz CT molecular complexity index is 640. The standard InChI is InChI=1S/C14H15BrN2O2S/c1-8-5-11(3-4-12(8)15)19-7-10-6-13(14(18)17-16)20-9(10)2/h3-6H,7,16H2,1-2H3,(H,17,18). The average Bonchev–Trinajstić information content (AvgIpc) is 2.80. The van der Waals surface area contributed by atoms with Crippen LogP contribution in [0.3, 0.4) is 0 Å². The van der Waals surface area contributed by atoms with Crippen molar-refractivity contribution >= 4 is 33.2 Å². The van der Waals surface area contributed by atoms with E-state index in [0.29, 0.717) is 11.5 Å². The Morgan fingerprint density at radius 2 is 2.15 bits per heavy atom. The van der Waals surface area contributed by atoms with Crippen molar-refractivity contribution in [2.45, 2.75) is 20.5 Å². The van der Waals surface area contributed by atoms with Gasteiger partial charge in [0.05, 0.1) is 4.88 Å². The molecule has 0 spiro atoms. The van der Waals surface area contributed by atoms with Crippen molar-refractivity contribution in [1.29, 1.82) is 0 Å². The van der Waals surface area contributed by atoms with Crippen LogP contribution in [-0.4, -0.2) is 5.91 Å². The monoisotopic (exact) mass is 354 g/mol. The van der Waals surface area contributed by atoms with Crippen LogP contribution in [0.15, 0.2) is 28.7 Å². The molecule has 106 valence electrons. The maximum atomic E-state index is 11.5. The molecule has 1 amide bonds. The fraction of sp³-hybridized carbons (Fsp3) is 0.214. The van der Waals surface area contributed by atoms with E-state index in [9.17, 15) is 4.79 Å². The van der Waals surface area contributed by atoms with Crippen LogP contribution in [0.1, 0.15) is 25.7 Å². The molecule has 4 nitrogen and oxygen atoms in total. The van der Waals surface area contributed by atoms with Crippen LogP contribution in [0.25, 0.3) is 0 Å². The first-order chi connectivity index (χ1) is 9.51. The summed E-state index contributed by atoms with van der Waals surface area (Å²) in [6.07, 6.45) is 0. The van der Waals surface area contributed by atoms with E-state index in [1.807, 2.05) is 38.1 Å². The highest BCUT2D eigenvalue weighted by Crippen LogP contribution is 2.25. The second kappa shape index (κ2) is 6.39. The summed E-state index contributed by atoms with van der Waals surface area (Å²) in [5.41, 5.74) is 4.25. The number of amides is 1. The van der Waals surface area contributed by atoms with Gasteiger partial charge in [-0.25, -0.2) is 5.84 Å². The van der Waals surface area contributed by atoms with E-state index in [0.717, 1.165) is 26.2 Å². The third-order valence-corrected chi connectivity index (χ3v) is 4.88. The molecule has 1 aromatic carbocycles. The Kier molecular flexibility index (Phi) is 4.80. The number of hydrogen-bond acceptors (Lipinski definition) is 4. The maximum absolute atomic E-state index is 11.5. The number of carbonyl (C=O) groups is 1. The molecule has 6 heteroatoms. The van der Waals surface area contributed by atoms with Gasteiger partial charge in [-0.05, 0) is 43.7 Å². The van der Waals surface area contributed by atoms with Crippen molar-refractivity contribution in [3.05, 3.63) is 49.6 Å². The number of hydrogen-bond donors (Lipinski definition) is 2. The van der Waals surface area contributed by atoms with Crippen molar-refractivity contribution in [3.63, 3.8) is 0 Å². The zero-order valence-electron chi connectivity index (χ0n) is 11.2. The van der Waals surface area contributed by atoms with Crippen LogP contribution in [-0.2, 0) is 6.61 Å². The summed E-state index contributed by atoms with van der Waals surface area (Å²) >= 11 is 4.86. The molecule has 2 aromatic rings. The highest BCUT2D eigenvalue weighted by Gasteiger charge is 2.11. The van der Waals surface area contributed by atoms with Gasteiger partial charge in [-0.15, -0.1) is 11.3 Å². The van der Waals surface area contributed by atoms with Gasteiger partial charge in [-0.3, -0.25) is 10.2 Å². The lowest BCUT2D eigenvalue weighted by Crippen LogP contribution is -2.29. The molecular weight excluding hydrogens is 340 g/mol. The number of nitrogen functional groups attached to an aromatic ring is 1. The molecule has 0 saturated heterocycles. The molecule has 0 bridgehead atoms. The van der Waals surface area contributed by atoms with Gasteiger partial charge in [0.2, 0.25) is 0 Å². The van der Waals surface area contributed by atoms with Crippen molar-refractivity contribution in [2.75, 3.05) is 0 Å². The number of benzene rings is 1. The SMILES string of the molecule is Cc1cc(OCc2cc(C(=O)NN)sc2C)ccc1Br. The van der Waals surface area contributed by atoms with Gasteiger partial charge < -0.3 is 4.74 Å². The zero-order chi connectivity index (χ0) is 14.7. The number of hydrazine groups is 1. The lowest BCUT2D eigenvalue weighted by molar-refractivity contribution is 0.0957. The van der Waals surface area contributed by atoms with E-state index in [4.69, 9.17) is 10.6 Å². The Hall–Kier alpha value is -1.37. The zero-order valence-corrected chi connectivity index (χ0v) is 13.6. The van der Waals surface area contributed by atoms with Crippen molar-refractivity contribution in [2.24, 2.45) is 5.84 Å². The minimum Gasteiger partial charge on any atom is -0.489 e. The van der Waals surface area contributed by atoms with Crippen LogP contribution in [0.2, 0.25) is 0 Å². The van der Waals surface area contributed by atoms with Gasteiger partial charge in [-0.1, -0.05) is 15.9 Å². The van der Waals surface area contributed by atoms with Gasteiger partial charge in [0.15, 0.2) is 0 Å². The minimum absolute atomic E-state index is 0.274. The van der Waals surface area contributed by atoms with E-state index in [1.165, 1.54) is 11.3 Å². The quantitative estimate of drug-likeness (QED) is 0.502. The molecule has 0 atom stereocenters. The number of ether oxygens (including phenoxy) is 1. The summed E-state index contributed by atoms with van der Waals surface area (Å²) in [6.45, 7) is 4.40. The minimum atomic E-state index is -0.274. The van der Waals surface area contributed by atoms with Crippen LogP contribution in [0.4, 0.5) is 0 Å². The lowest BCUT2D eigenvalue weighted by atomic mass is 10.2. The molecule has 0 aliphatic carbocycles. The van der Waals surface area contributed by atoms with E-state index < -0.39 is 0 Å². The predicted molar refractivity (Wildman–Crippen MR) is 83.9 cm³/mol. The number of nitrogens with one attached hydrogen (secondary N) is 1. The average molecular weight is 355 g/mol. The molecule has 2 rings (SSSR count). The summed E-state index contributed by atoms with van der Waals surface area (Å²) in [6, 6.07) is 7.65. The summed E-state index contributed by atoms with van der Waals surface area (Å²) in [5.74, 6) is 5.66. The highest BCUT2D eigenvalue weighted by atomic mass is 79.9. The van der Waals surface area contributed by atoms with E-state index in [-0.39, 0.29) is 5.91 Å². The Balaban J connectivity index is 2.08. The summed E-state index contributed by atoms with van der Waals surface area (Å²) < 4.78 is 6.81. The molecule has 0 saturated carbocycles. The second-order valence-corrected chi connectivity index (χ2v) is 6.48. The van der Waals surface area contributed by atoms with Gasteiger partial charge in [0.25, 0.3) is 5.91 Å². The summed E-state index contributed by atoms with van der Waals surface area (Å²) in [5, 5.41) is 0. The van der Waals surface area contributed by atoms with Crippen molar-refractivity contribution in [3.8, 4) is 5.75 Å². The molecule has 0 aliphatic rings. The smallest absolute Gasteiger partial charge is 0.275 e. The Labute approximate surface area is 130 Å². The van der Waals surface area contributed by atoms with Gasteiger partial charge in [0.1, 0.15) is 12.4 Å². The summed E-state index contributed by atoms with van der Waals surface area (Å²) in [7, 11) is 0. The van der Waals surface area contributed by atoms with E-state index in [1.54, 1.807) is 0 Å². The fourth-order valence-electron chi connectivity index (χ4n) is 1.71. The fourth-order valence-corrected chi connectivity index (χ4v) is 2.89. The molecular formula is C14H15BrN2O2S. The van der Waals surface area contributed by atoms with Gasteiger partial charge >= 0.3 is 0 Å². The van der Waals surface area contributed by atoms with Crippen LogP contribution < -0.4 is 16.0 Å². The molecule has 1 aromatic heterocycles. The maximum Gasteiger partial charge on any atom is 0.275 e. The van der Waals surface area contributed by atoms with Crippen molar-refractivity contribution in [1.82, 2.24) is 5.43 Å². The third-order valence-electron chi connectivity index (χ3n) is 2.90. The van der Waals surface area contributed by atoms with Gasteiger partial charge in [0, 0.05) is 14.9 Å². The largest absolute Gasteiger partial charge is 0.489 e. The highest BCUT2D eigenvalue weighted by molar-refractivity contribution is 9.10. The Morgan fingerprint density at radius 1 is 1.40 bits per heavy atom. The molecule has 3 N–H and O–H groups in total. The van der Waals surface area contributed by atoms with E-state index >= 15 is 0 Å². The molecule has 0 aliphatic heterocycles. The molecule has 0 fully saturated rings.